The average Bonchev–Trinajstić information content (AvgIpc) is 2.65. The van der Waals surface area contributed by atoms with E-state index in [2.05, 4.69) is 6.92 Å². The van der Waals surface area contributed by atoms with Gasteiger partial charge in [0.25, 0.3) is 10.1 Å². The molecular formula is C22H38Na2O3S. The smallest absolute Gasteiger partial charge is 0.266 e. The second kappa shape index (κ2) is 21.4. The van der Waals surface area contributed by atoms with E-state index in [0.29, 0.717) is 0 Å². The molecule has 0 fully saturated rings. The van der Waals surface area contributed by atoms with Crippen molar-refractivity contribution in [3.05, 3.63) is 30.3 Å². The van der Waals surface area contributed by atoms with Crippen LogP contribution in [0.2, 0.25) is 0 Å². The van der Waals surface area contributed by atoms with Crippen molar-refractivity contribution in [3.63, 3.8) is 0 Å². The molecule has 1 aromatic carbocycles. The number of hydrogen-bond acceptors (Lipinski definition) is 3. The maximum atomic E-state index is 11.9. The van der Waals surface area contributed by atoms with Crippen LogP contribution in [0.4, 0.5) is 0 Å². The van der Waals surface area contributed by atoms with E-state index in [1.165, 1.54) is 77.0 Å². The fourth-order valence-electron chi connectivity index (χ4n) is 3.12. The molecule has 0 heterocycles. The maximum absolute atomic E-state index is 11.9. The summed E-state index contributed by atoms with van der Waals surface area (Å²) in [6, 6.07) is 8.36. The van der Waals surface area contributed by atoms with Crippen LogP contribution in [-0.4, -0.2) is 74.1 Å². The van der Waals surface area contributed by atoms with Crippen LogP contribution in [0.5, 0.6) is 0 Å². The monoisotopic (exact) mass is 428 g/mol. The Labute approximate surface area is 218 Å². The standard InChI is InChI=1S/C22H38O3S.2Na/c1-2-3-4-5-6-7-8-9-10-11-12-13-14-18-21-25-26(23,24)22-19-16-15-17-20-22;;/h15-17,19-20H,2-14,18,21H2,1H3;;. The molecule has 0 N–H and O–H groups in total. The van der Waals surface area contributed by atoms with Crippen molar-refractivity contribution in [1.82, 2.24) is 0 Å². The maximum Gasteiger partial charge on any atom is 0.296 e. The molecule has 3 nitrogen and oxygen atoms in total. The van der Waals surface area contributed by atoms with Crippen molar-refractivity contribution < 1.29 is 12.6 Å². The van der Waals surface area contributed by atoms with Gasteiger partial charge in [-0.05, 0) is 18.6 Å². The Hall–Kier alpha value is 1.13. The summed E-state index contributed by atoms with van der Waals surface area (Å²) in [5.41, 5.74) is 0. The summed E-state index contributed by atoms with van der Waals surface area (Å²) in [6.45, 7) is 2.55. The molecule has 0 aliphatic heterocycles. The molecular weight excluding hydrogens is 390 g/mol. The fourth-order valence-corrected chi connectivity index (χ4v) is 4.08. The zero-order valence-corrected chi connectivity index (χ0v) is 23.4. The van der Waals surface area contributed by atoms with E-state index in [1.54, 1.807) is 30.3 Å². The third-order valence-electron chi connectivity index (χ3n) is 4.77. The first kappa shape index (κ1) is 31.3. The van der Waals surface area contributed by atoms with Gasteiger partial charge in [0.2, 0.25) is 0 Å². The van der Waals surface area contributed by atoms with E-state index in [4.69, 9.17) is 4.18 Å². The average molecular weight is 429 g/mol. The summed E-state index contributed by atoms with van der Waals surface area (Å²) in [7, 11) is -3.58. The van der Waals surface area contributed by atoms with Gasteiger partial charge in [0.1, 0.15) is 0 Å². The van der Waals surface area contributed by atoms with Crippen molar-refractivity contribution in [3.8, 4) is 0 Å². The molecule has 0 atom stereocenters. The zero-order chi connectivity index (χ0) is 18.9. The second-order valence-electron chi connectivity index (χ2n) is 7.19. The first-order valence-corrected chi connectivity index (χ1v) is 12.0. The molecule has 2 radical (unpaired) electrons. The van der Waals surface area contributed by atoms with Crippen molar-refractivity contribution in [2.75, 3.05) is 6.61 Å². The number of unbranched alkanes of at least 4 members (excludes halogenated alkanes) is 13. The molecule has 6 heteroatoms. The minimum Gasteiger partial charge on any atom is -0.266 e. The summed E-state index contributed by atoms with van der Waals surface area (Å²) in [6.07, 6.45) is 18.0. The SMILES string of the molecule is CCCCCCCCCCCCCCCCOS(=O)(=O)c1ccccc1.[Na].[Na]. The fraction of sp³-hybridized carbons (Fsp3) is 0.727. The van der Waals surface area contributed by atoms with Gasteiger partial charge in [0, 0.05) is 59.1 Å². The van der Waals surface area contributed by atoms with Gasteiger partial charge in [-0.1, -0.05) is 109 Å². The predicted octanol–water partition coefficient (Wildman–Crippen LogP) is 6.11. The van der Waals surface area contributed by atoms with Crippen LogP contribution in [0, 0.1) is 0 Å². The molecule has 0 amide bonds. The normalized spacial score (nSPS) is 10.9. The van der Waals surface area contributed by atoms with Crippen LogP contribution in [0.3, 0.4) is 0 Å². The number of benzene rings is 1. The van der Waals surface area contributed by atoms with E-state index in [0.717, 1.165) is 12.8 Å². The van der Waals surface area contributed by atoms with Gasteiger partial charge in [-0.25, -0.2) is 0 Å². The van der Waals surface area contributed by atoms with Crippen molar-refractivity contribution >= 4 is 69.2 Å². The van der Waals surface area contributed by atoms with Gasteiger partial charge in [-0.3, -0.25) is 4.18 Å². The number of hydrogen-bond donors (Lipinski definition) is 0. The van der Waals surface area contributed by atoms with E-state index in [1.807, 2.05) is 0 Å². The van der Waals surface area contributed by atoms with Gasteiger partial charge < -0.3 is 0 Å². The van der Waals surface area contributed by atoms with Gasteiger partial charge in [0.05, 0.1) is 11.5 Å². The third kappa shape index (κ3) is 16.9. The Balaban J connectivity index is 0. The van der Waals surface area contributed by atoms with Gasteiger partial charge in [-0.15, -0.1) is 0 Å². The molecule has 0 aliphatic rings. The van der Waals surface area contributed by atoms with E-state index in [-0.39, 0.29) is 70.6 Å². The molecule has 0 saturated carbocycles. The van der Waals surface area contributed by atoms with Crippen LogP contribution in [0.15, 0.2) is 35.2 Å². The van der Waals surface area contributed by atoms with Crippen molar-refractivity contribution in [1.29, 1.82) is 0 Å². The summed E-state index contributed by atoms with van der Waals surface area (Å²) in [4.78, 5) is 0.241. The first-order valence-electron chi connectivity index (χ1n) is 10.6. The summed E-state index contributed by atoms with van der Waals surface area (Å²) in [5, 5.41) is 0. The van der Waals surface area contributed by atoms with Gasteiger partial charge in [0.15, 0.2) is 0 Å². The molecule has 0 unspecified atom stereocenters. The van der Waals surface area contributed by atoms with Crippen LogP contribution in [-0.2, 0) is 14.3 Å². The molecule has 1 aromatic rings. The molecule has 28 heavy (non-hydrogen) atoms. The molecule has 0 aliphatic carbocycles. The molecule has 1 rings (SSSR count). The van der Waals surface area contributed by atoms with E-state index < -0.39 is 10.1 Å². The van der Waals surface area contributed by atoms with Crippen molar-refractivity contribution in [2.45, 2.75) is 102 Å². The number of rotatable bonds is 17. The Morgan fingerprint density at radius 2 is 1.04 bits per heavy atom. The molecule has 0 spiro atoms. The van der Waals surface area contributed by atoms with Gasteiger partial charge in [-0.2, -0.15) is 8.42 Å². The molecule has 0 saturated heterocycles. The summed E-state index contributed by atoms with van der Waals surface area (Å²) < 4.78 is 29.0. The van der Waals surface area contributed by atoms with Crippen molar-refractivity contribution in [2.24, 2.45) is 0 Å². The molecule has 152 valence electrons. The Morgan fingerprint density at radius 1 is 0.643 bits per heavy atom. The quantitative estimate of drug-likeness (QED) is 0.171. The van der Waals surface area contributed by atoms with Crippen LogP contribution < -0.4 is 0 Å². The van der Waals surface area contributed by atoms with E-state index >= 15 is 0 Å². The Morgan fingerprint density at radius 3 is 1.46 bits per heavy atom. The van der Waals surface area contributed by atoms with Crippen LogP contribution in [0.25, 0.3) is 0 Å². The molecule has 0 bridgehead atoms. The largest absolute Gasteiger partial charge is 0.296 e. The summed E-state index contributed by atoms with van der Waals surface area (Å²) >= 11 is 0. The minimum atomic E-state index is -3.58. The van der Waals surface area contributed by atoms with E-state index in [9.17, 15) is 8.42 Å². The van der Waals surface area contributed by atoms with Crippen LogP contribution in [0.1, 0.15) is 96.8 Å². The Kier molecular flexibility index (Phi) is 23.9. The minimum absolute atomic E-state index is 0. The zero-order valence-electron chi connectivity index (χ0n) is 18.6. The molecule has 0 aromatic heterocycles. The second-order valence-corrected chi connectivity index (χ2v) is 8.80. The Bertz CT molecular complexity index is 536. The predicted molar refractivity (Wildman–Crippen MR) is 121 cm³/mol. The van der Waals surface area contributed by atoms with Crippen LogP contribution >= 0.6 is 0 Å². The van der Waals surface area contributed by atoms with Gasteiger partial charge >= 0.3 is 0 Å². The third-order valence-corrected chi connectivity index (χ3v) is 6.09. The first-order chi connectivity index (χ1) is 12.7. The topological polar surface area (TPSA) is 43.4 Å². The summed E-state index contributed by atoms with van der Waals surface area (Å²) in [5.74, 6) is 0.